The molecule has 2 aromatic rings. The van der Waals surface area contributed by atoms with Gasteiger partial charge in [-0.3, -0.25) is 9.78 Å². The summed E-state index contributed by atoms with van der Waals surface area (Å²) >= 11 is 0. The smallest absolute Gasteiger partial charge is 0.217 e. The zero-order chi connectivity index (χ0) is 14.4. The lowest BCUT2D eigenvalue weighted by Gasteiger charge is -2.13. The summed E-state index contributed by atoms with van der Waals surface area (Å²) in [6.45, 7) is 3.96. The van der Waals surface area contributed by atoms with Crippen molar-refractivity contribution in [3.05, 3.63) is 59.9 Å². The van der Waals surface area contributed by atoms with Crippen molar-refractivity contribution in [1.29, 1.82) is 0 Å². The molecule has 0 unspecified atom stereocenters. The highest BCUT2D eigenvalue weighted by Crippen LogP contribution is 2.18. The van der Waals surface area contributed by atoms with E-state index in [9.17, 15) is 4.79 Å². The van der Waals surface area contributed by atoms with Gasteiger partial charge in [0.25, 0.3) is 0 Å². The number of ether oxygens (including phenoxy) is 1. The van der Waals surface area contributed by atoms with Crippen LogP contribution < -0.4 is 10.1 Å². The summed E-state index contributed by atoms with van der Waals surface area (Å²) in [5, 5.41) is 2.85. The fourth-order valence-corrected chi connectivity index (χ4v) is 1.89. The normalized spacial score (nSPS) is 11.7. The third-order valence-electron chi connectivity index (χ3n) is 2.93. The molecule has 4 heteroatoms. The molecule has 1 aromatic carbocycles. The minimum Gasteiger partial charge on any atom is -0.489 e. The summed E-state index contributed by atoms with van der Waals surface area (Å²) in [6.07, 6.45) is 3.52. The molecule has 0 radical (unpaired) electrons. The number of rotatable bonds is 5. The van der Waals surface area contributed by atoms with Crippen LogP contribution >= 0.6 is 0 Å². The van der Waals surface area contributed by atoms with Gasteiger partial charge in [-0.2, -0.15) is 0 Å². The van der Waals surface area contributed by atoms with Crippen LogP contribution in [0.2, 0.25) is 0 Å². The number of carbonyl (C=O) groups excluding carboxylic acids is 1. The first kappa shape index (κ1) is 14.1. The molecular weight excluding hydrogens is 252 g/mol. The first-order chi connectivity index (χ1) is 9.65. The molecule has 1 amide bonds. The number of benzene rings is 1. The first-order valence-electron chi connectivity index (χ1n) is 6.54. The Morgan fingerprint density at radius 1 is 1.30 bits per heavy atom. The number of amides is 1. The van der Waals surface area contributed by atoms with E-state index in [1.165, 1.54) is 6.92 Å². The molecule has 0 saturated heterocycles. The van der Waals surface area contributed by atoms with E-state index in [1.54, 1.807) is 12.4 Å². The lowest BCUT2D eigenvalue weighted by Crippen LogP contribution is -2.23. The van der Waals surface area contributed by atoms with Gasteiger partial charge in [0.15, 0.2) is 0 Å². The second-order valence-corrected chi connectivity index (χ2v) is 4.64. The number of hydrogen-bond donors (Lipinski definition) is 1. The lowest BCUT2D eigenvalue weighted by atomic mass is 10.1. The number of pyridine rings is 1. The Morgan fingerprint density at radius 3 is 2.65 bits per heavy atom. The Morgan fingerprint density at radius 2 is 2.05 bits per heavy atom. The van der Waals surface area contributed by atoms with Crippen LogP contribution in [0.15, 0.2) is 48.8 Å². The zero-order valence-electron chi connectivity index (χ0n) is 11.7. The summed E-state index contributed by atoms with van der Waals surface area (Å²) in [6, 6.07) is 11.6. The minimum absolute atomic E-state index is 0.000117. The molecule has 2 rings (SSSR count). The summed E-state index contributed by atoms with van der Waals surface area (Å²) in [7, 11) is 0. The van der Waals surface area contributed by atoms with Crippen LogP contribution in [-0.4, -0.2) is 10.9 Å². The average molecular weight is 270 g/mol. The Bertz CT molecular complexity index is 552. The first-order valence-corrected chi connectivity index (χ1v) is 6.54. The highest BCUT2D eigenvalue weighted by Gasteiger charge is 2.06. The molecule has 20 heavy (non-hydrogen) atoms. The fourth-order valence-electron chi connectivity index (χ4n) is 1.89. The van der Waals surface area contributed by atoms with Gasteiger partial charge in [0.1, 0.15) is 12.4 Å². The van der Waals surface area contributed by atoms with Gasteiger partial charge in [-0.1, -0.05) is 18.2 Å². The number of nitrogens with zero attached hydrogens (tertiary/aromatic N) is 1. The maximum absolute atomic E-state index is 11.0. The van der Waals surface area contributed by atoms with Gasteiger partial charge in [-0.05, 0) is 30.7 Å². The molecule has 0 aliphatic heterocycles. The molecule has 0 aliphatic carbocycles. The molecule has 1 heterocycles. The van der Waals surface area contributed by atoms with Crippen molar-refractivity contribution in [3.63, 3.8) is 0 Å². The second kappa shape index (κ2) is 6.70. The third-order valence-corrected chi connectivity index (χ3v) is 2.93. The van der Waals surface area contributed by atoms with Crippen molar-refractivity contribution in [3.8, 4) is 5.75 Å². The maximum Gasteiger partial charge on any atom is 0.217 e. The highest BCUT2D eigenvalue weighted by atomic mass is 16.5. The lowest BCUT2D eigenvalue weighted by molar-refractivity contribution is -0.119. The van der Waals surface area contributed by atoms with Crippen molar-refractivity contribution in [2.24, 2.45) is 0 Å². The van der Waals surface area contributed by atoms with Crippen molar-refractivity contribution in [1.82, 2.24) is 10.3 Å². The van der Waals surface area contributed by atoms with Gasteiger partial charge in [0.05, 0.1) is 6.04 Å². The van der Waals surface area contributed by atoms with Crippen LogP contribution in [0.4, 0.5) is 0 Å². The maximum atomic E-state index is 11.0. The molecule has 0 fully saturated rings. The number of nitrogens with one attached hydrogen (secondary N) is 1. The van der Waals surface area contributed by atoms with Gasteiger partial charge in [0, 0.05) is 24.9 Å². The molecule has 0 bridgehead atoms. The summed E-state index contributed by atoms with van der Waals surface area (Å²) in [5.74, 6) is 0.766. The predicted octanol–water partition coefficient (Wildman–Crippen LogP) is 2.86. The monoisotopic (exact) mass is 270 g/mol. The van der Waals surface area contributed by atoms with E-state index in [1.807, 2.05) is 43.3 Å². The Labute approximate surface area is 118 Å². The van der Waals surface area contributed by atoms with E-state index in [4.69, 9.17) is 4.74 Å². The van der Waals surface area contributed by atoms with Gasteiger partial charge in [-0.25, -0.2) is 0 Å². The molecule has 0 saturated carbocycles. The molecule has 4 nitrogen and oxygen atoms in total. The topological polar surface area (TPSA) is 51.2 Å². The largest absolute Gasteiger partial charge is 0.489 e. The number of hydrogen-bond acceptors (Lipinski definition) is 3. The second-order valence-electron chi connectivity index (χ2n) is 4.64. The standard InChI is InChI=1S/C16H18N2O2/c1-12(18-13(2)19)15-5-7-16(8-6-15)20-11-14-4-3-9-17-10-14/h3-10,12H,11H2,1-2H3,(H,18,19)/t12-/m1/s1. The zero-order valence-corrected chi connectivity index (χ0v) is 11.7. The fraction of sp³-hybridized carbons (Fsp3) is 0.250. The van der Waals surface area contributed by atoms with E-state index >= 15 is 0 Å². The van der Waals surface area contributed by atoms with Gasteiger partial charge >= 0.3 is 0 Å². The van der Waals surface area contributed by atoms with Crippen molar-refractivity contribution < 1.29 is 9.53 Å². The van der Waals surface area contributed by atoms with E-state index in [-0.39, 0.29) is 11.9 Å². The summed E-state index contributed by atoms with van der Waals surface area (Å²) in [5.41, 5.74) is 2.08. The predicted molar refractivity (Wildman–Crippen MR) is 77.2 cm³/mol. The molecule has 0 aliphatic rings. The van der Waals surface area contributed by atoms with Crippen LogP contribution in [0.3, 0.4) is 0 Å². The van der Waals surface area contributed by atoms with Crippen molar-refractivity contribution >= 4 is 5.91 Å². The minimum atomic E-state index is -0.0330. The number of carbonyl (C=O) groups is 1. The van der Waals surface area contributed by atoms with E-state index in [0.717, 1.165) is 16.9 Å². The van der Waals surface area contributed by atoms with Crippen LogP contribution in [0.5, 0.6) is 5.75 Å². The SMILES string of the molecule is CC(=O)N[C@H](C)c1ccc(OCc2cccnc2)cc1. The van der Waals surface area contributed by atoms with E-state index in [2.05, 4.69) is 10.3 Å². The summed E-state index contributed by atoms with van der Waals surface area (Å²) < 4.78 is 5.68. The van der Waals surface area contributed by atoms with Crippen molar-refractivity contribution in [2.75, 3.05) is 0 Å². The molecule has 1 atom stereocenters. The molecule has 1 aromatic heterocycles. The molecule has 104 valence electrons. The summed E-state index contributed by atoms with van der Waals surface area (Å²) in [4.78, 5) is 15.1. The van der Waals surface area contributed by atoms with Crippen molar-refractivity contribution in [2.45, 2.75) is 26.5 Å². The Balaban J connectivity index is 1.93. The highest BCUT2D eigenvalue weighted by molar-refractivity contribution is 5.73. The number of aromatic nitrogens is 1. The Hall–Kier alpha value is -2.36. The van der Waals surface area contributed by atoms with Crippen LogP contribution in [0.25, 0.3) is 0 Å². The van der Waals surface area contributed by atoms with E-state index in [0.29, 0.717) is 6.61 Å². The molecule has 1 N–H and O–H groups in total. The van der Waals surface area contributed by atoms with Gasteiger partial charge in [-0.15, -0.1) is 0 Å². The Kier molecular flexibility index (Phi) is 4.71. The third kappa shape index (κ3) is 4.09. The molecular formula is C16H18N2O2. The quantitative estimate of drug-likeness (QED) is 0.909. The molecule has 0 spiro atoms. The van der Waals surface area contributed by atoms with Gasteiger partial charge in [0.2, 0.25) is 5.91 Å². The van der Waals surface area contributed by atoms with E-state index < -0.39 is 0 Å². The average Bonchev–Trinajstić information content (AvgIpc) is 2.46. The van der Waals surface area contributed by atoms with Crippen LogP contribution in [0.1, 0.15) is 31.0 Å². The van der Waals surface area contributed by atoms with Crippen LogP contribution in [0, 0.1) is 0 Å². The van der Waals surface area contributed by atoms with Gasteiger partial charge < -0.3 is 10.1 Å². The van der Waals surface area contributed by atoms with Crippen LogP contribution in [-0.2, 0) is 11.4 Å².